The Morgan fingerprint density at radius 3 is 2.43 bits per heavy atom. The number of nitrogens with zero attached hydrogens (tertiary/aromatic N) is 1. The van der Waals surface area contributed by atoms with E-state index in [4.69, 9.17) is 5.73 Å². The van der Waals surface area contributed by atoms with E-state index >= 15 is 0 Å². The van der Waals surface area contributed by atoms with Crippen molar-refractivity contribution in [2.75, 3.05) is 0 Å². The second kappa shape index (κ2) is 7.14. The Bertz CT molecular complexity index is 1290. The third-order valence-electron chi connectivity index (χ3n) is 5.14. The standard InChI is InChI=1S/C22H16F4N2O2/c23-17-5-2-4-16(22(24,25)26)15(17)10-28-18-6-1-3-14(21(27)30)20(18)13-8-7-12(11-29)9-19(13)28/h1-9,29H,10-11H2,(H2,27,30). The second-order valence-corrected chi connectivity index (χ2v) is 6.92. The van der Waals surface area contributed by atoms with Gasteiger partial charge in [-0.15, -0.1) is 0 Å². The summed E-state index contributed by atoms with van der Waals surface area (Å²) in [4.78, 5) is 12.0. The SMILES string of the molecule is NC(=O)c1cccc2c1c1ccc(CO)cc1n2Cc1c(F)cccc1C(F)(F)F. The maximum atomic E-state index is 14.5. The van der Waals surface area contributed by atoms with Crippen molar-refractivity contribution in [1.29, 1.82) is 0 Å². The lowest BCUT2D eigenvalue weighted by Crippen LogP contribution is -2.14. The zero-order valence-corrected chi connectivity index (χ0v) is 15.5. The fourth-order valence-corrected chi connectivity index (χ4v) is 3.81. The number of nitrogens with two attached hydrogens (primary N) is 1. The number of alkyl halides is 3. The van der Waals surface area contributed by atoms with E-state index in [9.17, 15) is 27.5 Å². The molecular weight excluding hydrogens is 400 g/mol. The van der Waals surface area contributed by atoms with E-state index in [1.54, 1.807) is 30.3 Å². The Hall–Kier alpha value is -3.39. The number of primary amides is 1. The topological polar surface area (TPSA) is 68.2 Å². The molecule has 0 spiro atoms. The van der Waals surface area contributed by atoms with Crippen molar-refractivity contribution in [2.24, 2.45) is 5.73 Å². The summed E-state index contributed by atoms with van der Waals surface area (Å²) in [7, 11) is 0. The fraction of sp³-hybridized carbons (Fsp3) is 0.136. The summed E-state index contributed by atoms with van der Waals surface area (Å²) in [5.41, 5.74) is 5.55. The van der Waals surface area contributed by atoms with Crippen LogP contribution in [-0.4, -0.2) is 15.6 Å². The summed E-state index contributed by atoms with van der Waals surface area (Å²) >= 11 is 0. The first-order chi connectivity index (χ1) is 14.2. The van der Waals surface area contributed by atoms with Gasteiger partial charge in [0.1, 0.15) is 5.82 Å². The average molecular weight is 416 g/mol. The number of hydrogen-bond donors (Lipinski definition) is 2. The predicted octanol–water partition coefficient (Wildman–Crippen LogP) is 4.59. The number of aliphatic hydroxyl groups excluding tert-OH is 1. The van der Waals surface area contributed by atoms with Crippen LogP contribution < -0.4 is 5.73 Å². The van der Waals surface area contributed by atoms with Crippen LogP contribution in [0.5, 0.6) is 0 Å². The van der Waals surface area contributed by atoms with Gasteiger partial charge in [0.05, 0.1) is 24.2 Å². The van der Waals surface area contributed by atoms with Crippen molar-refractivity contribution in [2.45, 2.75) is 19.3 Å². The molecular formula is C22H16F4N2O2. The molecule has 1 aromatic heterocycles. The van der Waals surface area contributed by atoms with Gasteiger partial charge < -0.3 is 15.4 Å². The minimum Gasteiger partial charge on any atom is -0.392 e. The quantitative estimate of drug-likeness (QED) is 0.478. The molecule has 0 saturated carbocycles. The van der Waals surface area contributed by atoms with Crippen LogP contribution in [0.4, 0.5) is 17.6 Å². The van der Waals surface area contributed by atoms with Crippen LogP contribution in [0, 0.1) is 5.82 Å². The van der Waals surface area contributed by atoms with Crippen molar-refractivity contribution in [3.05, 3.63) is 82.7 Å². The van der Waals surface area contributed by atoms with Gasteiger partial charge in [0.25, 0.3) is 0 Å². The lowest BCUT2D eigenvalue weighted by atomic mass is 10.0. The molecule has 0 saturated heterocycles. The monoisotopic (exact) mass is 416 g/mol. The molecule has 0 atom stereocenters. The molecule has 30 heavy (non-hydrogen) atoms. The molecule has 0 radical (unpaired) electrons. The molecule has 8 heteroatoms. The summed E-state index contributed by atoms with van der Waals surface area (Å²) < 4.78 is 56.5. The first kappa shape index (κ1) is 19.9. The number of fused-ring (bicyclic) bond motifs is 3. The zero-order valence-electron chi connectivity index (χ0n) is 15.5. The molecule has 154 valence electrons. The first-order valence-electron chi connectivity index (χ1n) is 9.01. The normalized spacial score (nSPS) is 12.0. The average Bonchev–Trinajstić information content (AvgIpc) is 3.01. The third kappa shape index (κ3) is 3.19. The molecule has 0 bridgehead atoms. The zero-order chi connectivity index (χ0) is 21.6. The molecule has 4 rings (SSSR count). The summed E-state index contributed by atoms with van der Waals surface area (Å²) in [5, 5.41) is 10.5. The lowest BCUT2D eigenvalue weighted by molar-refractivity contribution is -0.138. The van der Waals surface area contributed by atoms with Gasteiger partial charge in [0, 0.05) is 27.4 Å². The molecule has 0 aliphatic rings. The van der Waals surface area contributed by atoms with Gasteiger partial charge in [-0.3, -0.25) is 4.79 Å². The summed E-state index contributed by atoms with van der Waals surface area (Å²) in [6.45, 7) is -0.702. The molecule has 1 heterocycles. The second-order valence-electron chi connectivity index (χ2n) is 6.92. The van der Waals surface area contributed by atoms with E-state index in [1.165, 1.54) is 10.6 Å². The maximum absolute atomic E-state index is 14.5. The number of halogens is 4. The molecule has 3 aromatic carbocycles. The minimum atomic E-state index is -4.73. The Balaban J connectivity index is 2.07. The largest absolute Gasteiger partial charge is 0.416 e. The Morgan fingerprint density at radius 1 is 1.03 bits per heavy atom. The predicted molar refractivity (Wildman–Crippen MR) is 104 cm³/mol. The van der Waals surface area contributed by atoms with Crippen LogP contribution in [0.1, 0.15) is 27.0 Å². The van der Waals surface area contributed by atoms with Gasteiger partial charge in [-0.1, -0.05) is 24.3 Å². The molecule has 1 amide bonds. The van der Waals surface area contributed by atoms with Crippen LogP contribution in [-0.2, 0) is 19.3 Å². The highest BCUT2D eigenvalue weighted by Gasteiger charge is 2.34. The van der Waals surface area contributed by atoms with Crippen LogP contribution in [0.2, 0.25) is 0 Å². The number of hydrogen-bond acceptors (Lipinski definition) is 2. The van der Waals surface area contributed by atoms with E-state index in [-0.39, 0.29) is 12.2 Å². The van der Waals surface area contributed by atoms with Gasteiger partial charge in [0.2, 0.25) is 5.91 Å². The number of benzene rings is 3. The summed E-state index contributed by atoms with van der Waals surface area (Å²) in [5.74, 6) is -1.67. The van der Waals surface area contributed by atoms with E-state index in [0.717, 1.165) is 18.2 Å². The highest BCUT2D eigenvalue weighted by atomic mass is 19.4. The highest BCUT2D eigenvalue weighted by molar-refractivity contribution is 6.18. The number of rotatable bonds is 4. The van der Waals surface area contributed by atoms with Crippen molar-refractivity contribution < 1.29 is 27.5 Å². The van der Waals surface area contributed by atoms with Gasteiger partial charge in [-0.05, 0) is 35.9 Å². The van der Waals surface area contributed by atoms with Crippen molar-refractivity contribution in [1.82, 2.24) is 4.57 Å². The molecule has 4 nitrogen and oxygen atoms in total. The molecule has 0 fully saturated rings. The number of amides is 1. The van der Waals surface area contributed by atoms with Crippen LogP contribution in [0.3, 0.4) is 0 Å². The van der Waals surface area contributed by atoms with Crippen molar-refractivity contribution in [3.8, 4) is 0 Å². The number of carbonyl (C=O) groups excluding carboxylic acids is 1. The smallest absolute Gasteiger partial charge is 0.392 e. The van der Waals surface area contributed by atoms with Gasteiger partial charge in [-0.2, -0.15) is 13.2 Å². The number of aliphatic hydroxyl groups is 1. The Kier molecular flexibility index (Phi) is 4.74. The van der Waals surface area contributed by atoms with Crippen LogP contribution >= 0.6 is 0 Å². The molecule has 0 aliphatic heterocycles. The summed E-state index contributed by atoms with van der Waals surface area (Å²) in [6, 6.07) is 12.5. The molecule has 4 aromatic rings. The maximum Gasteiger partial charge on any atom is 0.416 e. The fourth-order valence-electron chi connectivity index (χ4n) is 3.81. The first-order valence-corrected chi connectivity index (χ1v) is 9.01. The van der Waals surface area contributed by atoms with Gasteiger partial charge in [0.15, 0.2) is 0 Å². The van der Waals surface area contributed by atoms with Gasteiger partial charge >= 0.3 is 6.18 Å². The molecule has 0 aliphatic carbocycles. The lowest BCUT2D eigenvalue weighted by Gasteiger charge is -2.16. The Morgan fingerprint density at radius 2 is 1.77 bits per heavy atom. The summed E-state index contributed by atoms with van der Waals surface area (Å²) in [6.07, 6.45) is -4.73. The minimum absolute atomic E-state index is 0.206. The van der Waals surface area contributed by atoms with E-state index in [2.05, 4.69) is 0 Å². The Labute approximate surface area is 168 Å². The molecule has 0 unspecified atom stereocenters. The van der Waals surface area contributed by atoms with Crippen LogP contribution in [0.25, 0.3) is 21.8 Å². The van der Waals surface area contributed by atoms with Crippen molar-refractivity contribution in [3.63, 3.8) is 0 Å². The third-order valence-corrected chi connectivity index (χ3v) is 5.14. The molecule has 3 N–H and O–H groups in total. The van der Waals surface area contributed by atoms with E-state index in [1.807, 2.05) is 0 Å². The van der Waals surface area contributed by atoms with Crippen LogP contribution in [0.15, 0.2) is 54.6 Å². The van der Waals surface area contributed by atoms with Crippen molar-refractivity contribution >= 4 is 27.7 Å². The highest BCUT2D eigenvalue weighted by Crippen LogP contribution is 2.37. The van der Waals surface area contributed by atoms with Gasteiger partial charge in [-0.25, -0.2) is 4.39 Å². The number of carbonyl (C=O) groups is 1. The number of aromatic nitrogens is 1. The van der Waals surface area contributed by atoms with E-state index in [0.29, 0.717) is 27.4 Å². The van der Waals surface area contributed by atoms with E-state index < -0.39 is 35.6 Å².